The van der Waals surface area contributed by atoms with Crippen LogP contribution in [0.15, 0.2) is 24.0 Å². The van der Waals surface area contributed by atoms with Crippen molar-refractivity contribution in [2.75, 3.05) is 26.2 Å². The van der Waals surface area contributed by atoms with Crippen LogP contribution in [0.4, 0.5) is 0 Å². The van der Waals surface area contributed by atoms with Gasteiger partial charge in [-0.1, -0.05) is 44.9 Å². The highest BCUT2D eigenvalue weighted by Gasteiger charge is 2.57. The molecule has 352 valence electrons. The number of benzene rings is 1. The lowest BCUT2D eigenvalue weighted by Gasteiger charge is -2.48. The number of carbonyl (C=O) groups excluding carboxylic acids is 4. The van der Waals surface area contributed by atoms with Gasteiger partial charge in [0.2, 0.25) is 17.7 Å². The molecule has 0 spiro atoms. The van der Waals surface area contributed by atoms with Crippen molar-refractivity contribution in [2.45, 2.75) is 158 Å². The Morgan fingerprint density at radius 1 is 0.905 bits per heavy atom. The third kappa shape index (κ3) is 13.7. The molecule has 1 aliphatic heterocycles. The topological polar surface area (TPSA) is 318 Å². The molecule has 3 saturated carbocycles. The number of phenols is 1. The van der Waals surface area contributed by atoms with Gasteiger partial charge in [0.05, 0.1) is 43.0 Å². The largest absolute Gasteiger partial charge is 0.507 e. The summed E-state index contributed by atoms with van der Waals surface area (Å²) in [6, 6.07) is 0.600. The van der Waals surface area contributed by atoms with Crippen molar-refractivity contribution in [1.29, 1.82) is 0 Å². The van der Waals surface area contributed by atoms with E-state index in [0.29, 0.717) is 36.1 Å². The number of phenolic OH excluding ortho intramolecular Hbond substituents is 1. The van der Waals surface area contributed by atoms with Crippen molar-refractivity contribution in [3.8, 4) is 5.75 Å². The average Bonchev–Trinajstić information content (AvgIpc) is 3.78. The highest BCUT2D eigenvalue weighted by Crippen LogP contribution is 2.37. The first-order valence-corrected chi connectivity index (χ1v) is 22.1. The molecular weight excluding hydrogens is 823 g/mol. The maximum Gasteiger partial charge on any atom is 0.364 e. The molecular formula is C43H67N7O13. The van der Waals surface area contributed by atoms with Gasteiger partial charge in [-0.15, -0.1) is 0 Å². The first-order chi connectivity index (χ1) is 30.0. The number of aryl methyl sites for hydroxylation is 2. The summed E-state index contributed by atoms with van der Waals surface area (Å²) >= 11 is 0. The number of carboxylic acid groups (broad SMARTS) is 1. The predicted molar refractivity (Wildman–Crippen MR) is 226 cm³/mol. The lowest BCUT2D eigenvalue weighted by molar-refractivity contribution is -0.325. The molecule has 13 N–H and O–H groups in total. The van der Waals surface area contributed by atoms with E-state index in [0.717, 1.165) is 62.8 Å². The van der Waals surface area contributed by atoms with E-state index in [4.69, 9.17) is 25.8 Å². The summed E-state index contributed by atoms with van der Waals surface area (Å²) in [7, 11) is 0. The number of aliphatic hydroxyl groups excluding tert-OH is 3. The van der Waals surface area contributed by atoms with Gasteiger partial charge in [-0.3, -0.25) is 19.2 Å². The maximum atomic E-state index is 13.5. The van der Waals surface area contributed by atoms with Gasteiger partial charge in [-0.25, -0.2) is 10.6 Å². The SMILES string of the molecule is Cc1cc(C(=O)NC[C@@H](O)[C@@H](O)C2O[C@@](OC3CCCCC3NC(=O)CNC(=O)COC3CCCC3)(C(=O)O)C[C@H](O)[C@H]2NC(=O)CN(N)/C=C(\N)C2CCCCC2)cc(C)c1O. The number of nitrogens with two attached hydrogens (primary N) is 2. The van der Waals surface area contributed by atoms with Gasteiger partial charge >= 0.3 is 5.97 Å². The fraction of sp³-hybridized carbons (Fsp3) is 0.698. The van der Waals surface area contributed by atoms with Crippen LogP contribution in [0.25, 0.3) is 0 Å². The minimum Gasteiger partial charge on any atom is -0.507 e. The van der Waals surface area contributed by atoms with Crippen molar-refractivity contribution in [2.24, 2.45) is 17.5 Å². The first kappa shape index (κ1) is 49.4. The van der Waals surface area contributed by atoms with Gasteiger partial charge in [0.15, 0.2) is 0 Å². The third-order valence-electron chi connectivity index (χ3n) is 12.5. The Hall–Kier alpha value is -4.57. The molecule has 1 aromatic rings. The molecule has 4 amide bonds. The molecule has 8 atom stereocenters. The Kier molecular flexibility index (Phi) is 17.9. The summed E-state index contributed by atoms with van der Waals surface area (Å²) in [6.07, 6.45) is 2.90. The van der Waals surface area contributed by atoms with Crippen LogP contribution in [0.1, 0.15) is 111 Å². The number of aliphatic hydroxyl groups is 3. The summed E-state index contributed by atoms with van der Waals surface area (Å²) in [5, 5.41) is 66.9. The zero-order valence-corrected chi connectivity index (χ0v) is 36.3. The molecule has 1 aromatic carbocycles. The van der Waals surface area contributed by atoms with Gasteiger partial charge < -0.3 is 71.8 Å². The number of hydrazine groups is 1. The standard InChI is InChI=1S/C43H67N7O13/c1-24-16-27(17-25(2)38(24)56)41(58)47-19-32(52)39(57)40-37(49-35(54)22-50(45)21-29(44)26-10-4-3-5-11-26)31(51)18-43(63-40,42(59)60)62-33-15-9-8-14-30(33)48-34(53)20-46-36(55)23-61-28-12-6-7-13-28/h16-17,21,26,28,30-33,37,39-40,51-52,56-57H,3-15,18-20,22-23,44-45H2,1-2H3,(H,46,55)(H,47,58)(H,48,53)(H,49,54)(H,59,60)/b29-21-/t30?,31-,32+,33?,37+,39+,40?,43+/m0/s1. The fourth-order valence-electron chi connectivity index (χ4n) is 8.97. The molecule has 3 aliphatic carbocycles. The molecule has 0 aromatic heterocycles. The second-order valence-electron chi connectivity index (χ2n) is 17.5. The van der Waals surface area contributed by atoms with E-state index in [-0.39, 0.29) is 42.9 Å². The van der Waals surface area contributed by atoms with E-state index < -0.39 is 97.5 Å². The normalized spacial score (nSPS) is 26.9. The number of nitrogens with one attached hydrogen (secondary N) is 4. The highest BCUT2D eigenvalue weighted by molar-refractivity contribution is 5.95. The van der Waals surface area contributed by atoms with E-state index >= 15 is 0 Å². The zero-order valence-electron chi connectivity index (χ0n) is 36.3. The number of hydrogen-bond acceptors (Lipinski definition) is 15. The summed E-state index contributed by atoms with van der Waals surface area (Å²) in [5.74, 6) is -0.517. The second-order valence-corrected chi connectivity index (χ2v) is 17.5. The van der Waals surface area contributed by atoms with Crippen molar-refractivity contribution in [3.63, 3.8) is 0 Å². The number of nitrogens with zero attached hydrogens (tertiary/aromatic N) is 1. The van der Waals surface area contributed by atoms with Crippen LogP contribution in [-0.4, -0.2) is 141 Å². The van der Waals surface area contributed by atoms with Crippen LogP contribution < -0.4 is 32.8 Å². The summed E-state index contributed by atoms with van der Waals surface area (Å²) in [4.78, 5) is 65.1. The Morgan fingerprint density at radius 3 is 2.21 bits per heavy atom. The number of aromatic hydroxyl groups is 1. The lowest BCUT2D eigenvalue weighted by atomic mass is 9.87. The minimum absolute atomic E-state index is 0.0136. The number of rotatable bonds is 19. The third-order valence-corrected chi connectivity index (χ3v) is 12.5. The Morgan fingerprint density at radius 2 is 1.54 bits per heavy atom. The van der Waals surface area contributed by atoms with Crippen LogP contribution >= 0.6 is 0 Å². The Bertz CT molecular complexity index is 1770. The van der Waals surface area contributed by atoms with Crippen LogP contribution in [0.3, 0.4) is 0 Å². The lowest BCUT2D eigenvalue weighted by Crippen LogP contribution is -2.69. The number of amides is 4. The van der Waals surface area contributed by atoms with Crippen molar-refractivity contribution >= 4 is 29.6 Å². The van der Waals surface area contributed by atoms with Gasteiger partial charge in [0.1, 0.15) is 31.1 Å². The summed E-state index contributed by atoms with van der Waals surface area (Å²) < 4.78 is 17.9. The zero-order chi connectivity index (χ0) is 45.8. The maximum absolute atomic E-state index is 13.5. The molecule has 20 heteroatoms. The number of carboxylic acids is 1. The van der Waals surface area contributed by atoms with E-state index in [1.54, 1.807) is 13.8 Å². The molecule has 0 bridgehead atoms. The van der Waals surface area contributed by atoms with Gasteiger partial charge in [0.25, 0.3) is 11.7 Å². The van der Waals surface area contributed by atoms with Crippen LogP contribution in [0, 0.1) is 19.8 Å². The van der Waals surface area contributed by atoms with Crippen molar-refractivity contribution < 1.29 is 63.7 Å². The Labute approximate surface area is 367 Å². The van der Waals surface area contributed by atoms with E-state index in [9.17, 15) is 49.5 Å². The molecule has 5 rings (SSSR count). The van der Waals surface area contributed by atoms with E-state index in [1.807, 2.05) is 0 Å². The molecule has 3 unspecified atom stereocenters. The van der Waals surface area contributed by atoms with Crippen LogP contribution in [0.5, 0.6) is 5.75 Å². The molecule has 1 heterocycles. The first-order valence-electron chi connectivity index (χ1n) is 22.1. The highest BCUT2D eigenvalue weighted by atomic mass is 16.7. The van der Waals surface area contributed by atoms with Crippen molar-refractivity contribution in [3.05, 3.63) is 40.7 Å². The van der Waals surface area contributed by atoms with Gasteiger partial charge in [0, 0.05) is 30.4 Å². The van der Waals surface area contributed by atoms with Crippen LogP contribution in [-0.2, 0) is 33.4 Å². The molecule has 0 radical (unpaired) electrons. The second kappa shape index (κ2) is 22.9. The van der Waals surface area contributed by atoms with E-state index in [2.05, 4.69) is 21.3 Å². The fourth-order valence-corrected chi connectivity index (χ4v) is 8.97. The number of allylic oxidation sites excluding steroid dienone is 1. The summed E-state index contributed by atoms with van der Waals surface area (Å²) in [5.41, 5.74) is 7.83. The summed E-state index contributed by atoms with van der Waals surface area (Å²) in [6.45, 7) is 1.63. The predicted octanol–water partition coefficient (Wildman–Crippen LogP) is -0.0484. The number of hydrogen-bond donors (Lipinski definition) is 11. The molecule has 4 aliphatic rings. The number of aliphatic carboxylic acids is 1. The molecule has 63 heavy (non-hydrogen) atoms. The average molecular weight is 890 g/mol. The minimum atomic E-state index is -2.66. The molecule has 4 fully saturated rings. The quantitative estimate of drug-likeness (QED) is 0.0641. The number of carbonyl (C=O) groups is 5. The van der Waals surface area contributed by atoms with Gasteiger partial charge in [-0.2, -0.15) is 0 Å². The number of ether oxygens (including phenoxy) is 3. The van der Waals surface area contributed by atoms with Crippen LogP contribution in [0.2, 0.25) is 0 Å². The smallest absolute Gasteiger partial charge is 0.364 e. The Balaban J connectivity index is 1.30. The van der Waals surface area contributed by atoms with Gasteiger partial charge in [-0.05, 0) is 81.5 Å². The molecule has 20 nitrogen and oxygen atoms in total. The van der Waals surface area contributed by atoms with E-state index in [1.165, 1.54) is 18.3 Å². The molecule has 1 saturated heterocycles. The van der Waals surface area contributed by atoms with Crippen molar-refractivity contribution in [1.82, 2.24) is 26.3 Å². The monoisotopic (exact) mass is 889 g/mol.